The lowest BCUT2D eigenvalue weighted by Crippen LogP contribution is -2.64. The highest BCUT2D eigenvalue weighted by atomic mass is 16.5. The first-order valence-corrected chi connectivity index (χ1v) is 8.80. The Labute approximate surface area is 139 Å². The quantitative estimate of drug-likeness (QED) is 0.929. The van der Waals surface area contributed by atoms with Crippen molar-refractivity contribution in [2.75, 3.05) is 34.4 Å². The van der Waals surface area contributed by atoms with E-state index < -0.39 is 0 Å². The molecule has 1 N–H and O–H groups in total. The third-order valence-electron chi connectivity index (χ3n) is 6.78. The van der Waals surface area contributed by atoms with Crippen molar-refractivity contribution >= 4 is 0 Å². The van der Waals surface area contributed by atoms with Gasteiger partial charge < -0.3 is 19.7 Å². The Bertz CT molecular complexity index is 599. The highest BCUT2D eigenvalue weighted by molar-refractivity contribution is 5.46. The fraction of sp³-hybridized carbons (Fsp3) is 0.684. The fourth-order valence-corrected chi connectivity index (χ4v) is 5.19. The Morgan fingerprint density at radius 3 is 2.52 bits per heavy atom. The van der Waals surface area contributed by atoms with Gasteiger partial charge in [0, 0.05) is 17.0 Å². The normalized spacial score (nSPS) is 36.6. The molecule has 2 heterocycles. The topological polar surface area (TPSA) is 33.7 Å². The Morgan fingerprint density at radius 1 is 1.09 bits per heavy atom. The lowest BCUT2D eigenvalue weighted by molar-refractivity contribution is 0.0558. The number of ether oxygens (including phenoxy) is 2. The van der Waals surface area contributed by atoms with Gasteiger partial charge in [0.05, 0.1) is 14.2 Å². The molecule has 4 nitrogen and oxygen atoms in total. The molecule has 0 bridgehead atoms. The number of hydrogen-bond donors (Lipinski definition) is 1. The van der Waals surface area contributed by atoms with Crippen LogP contribution in [0.4, 0.5) is 0 Å². The molecule has 4 heteroatoms. The minimum Gasteiger partial charge on any atom is -0.493 e. The van der Waals surface area contributed by atoms with Crippen LogP contribution in [0.25, 0.3) is 0 Å². The molecule has 3 aliphatic rings. The smallest absolute Gasteiger partial charge is 0.161 e. The van der Waals surface area contributed by atoms with Crippen LogP contribution in [-0.2, 0) is 5.41 Å². The van der Waals surface area contributed by atoms with Gasteiger partial charge in [-0.05, 0) is 69.9 Å². The molecule has 0 radical (unpaired) electrons. The molecule has 1 aromatic rings. The second kappa shape index (κ2) is 5.38. The summed E-state index contributed by atoms with van der Waals surface area (Å²) in [5, 5.41) is 3.73. The Hall–Kier alpha value is -1.26. The summed E-state index contributed by atoms with van der Waals surface area (Å²) in [5.74, 6) is 1.68. The molecule has 2 aliphatic heterocycles. The average molecular weight is 316 g/mol. The first kappa shape index (κ1) is 15.3. The highest BCUT2D eigenvalue weighted by Crippen LogP contribution is 2.53. The number of hydrogen-bond acceptors (Lipinski definition) is 4. The minimum absolute atomic E-state index is 0.275. The zero-order valence-electron chi connectivity index (χ0n) is 14.5. The standard InChI is InChI=1S/C19H28N2O2/c1-21-11-9-19(7-6-18(8-10-20-18)13-17(19)21)14-4-5-15(22-2)16(12-14)23-3/h4-5,12,17,20H,6-11,13H2,1-3H3. The first-order valence-electron chi connectivity index (χ1n) is 8.80. The van der Waals surface area contributed by atoms with Gasteiger partial charge >= 0.3 is 0 Å². The van der Waals surface area contributed by atoms with E-state index in [4.69, 9.17) is 9.47 Å². The molecule has 3 unspecified atom stereocenters. The van der Waals surface area contributed by atoms with Gasteiger partial charge in [-0.3, -0.25) is 0 Å². The number of methoxy groups -OCH3 is 2. The van der Waals surface area contributed by atoms with Crippen molar-refractivity contribution in [3.63, 3.8) is 0 Å². The molecule has 126 valence electrons. The van der Waals surface area contributed by atoms with Gasteiger partial charge in [-0.15, -0.1) is 0 Å². The number of nitrogens with zero attached hydrogens (tertiary/aromatic N) is 1. The number of benzene rings is 1. The van der Waals surface area contributed by atoms with Gasteiger partial charge in [0.1, 0.15) is 0 Å². The van der Waals surface area contributed by atoms with Gasteiger partial charge in [0.2, 0.25) is 0 Å². The summed E-state index contributed by atoms with van der Waals surface area (Å²) in [7, 11) is 5.73. The second-order valence-electron chi connectivity index (χ2n) is 7.63. The Balaban J connectivity index is 1.71. The lowest BCUT2D eigenvalue weighted by atomic mass is 9.59. The molecular weight excluding hydrogens is 288 g/mol. The van der Waals surface area contributed by atoms with Gasteiger partial charge in [0.15, 0.2) is 11.5 Å². The molecule has 0 amide bonds. The van der Waals surface area contributed by atoms with E-state index in [0.29, 0.717) is 11.6 Å². The van der Waals surface area contributed by atoms with Crippen molar-refractivity contribution in [3.05, 3.63) is 23.8 Å². The largest absolute Gasteiger partial charge is 0.493 e. The van der Waals surface area contributed by atoms with E-state index in [1.54, 1.807) is 14.2 Å². The molecular formula is C19H28N2O2. The van der Waals surface area contributed by atoms with Crippen molar-refractivity contribution in [3.8, 4) is 11.5 Å². The molecule has 3 atom stereocenters. The third-order valence-corrected chi connectivity index (χ3v) is 6.78. The van der Waals surface area contributed by atoms with E-state index in [2.05, 4.69) is 35.5 Å². The maximum atomic E-state index is 5.56. The van der Waals surface area contributed by atoms with Crippen molar-refractivity contribution < 1.29 is 9.47 Å². The molecule has 1 saturated carbocycles. The summed E-state index contributed by atoms with van der Waals surface area (Å²) in [5.41, 5.74) is 2.12. The second-order valence-corrected chi connectivity index (χ2v) is 7.63. The van der Waals surface area contributed by atoms with Crippen LogP contribution in [0.15, 0.2) is 18.2 Å². The summed E-state index contributed by atoms with van der Waals surface area (Å²) < 4.78 is 11.0. The number of fused-ring (bicyclic) bond motifs is 1. The predicted octanol–water partition coefficient (Wildman–Crippen LogP) is 2.56. The average Bonchev–Trinajstić information content (AvgIpc) is 2.90. The van der Waals surface area contributed by atoms with Crippen molar-refractivity contribution in [2.45, 2.75) is 49.1 Å². The van der Waals surface area contributed by atoms with Crippen molar-refractivity contribution in [1.29, 1.82) is 0 Å². The molecule has 4 rings (SSSR count). The van der Waals surface area contributed by atoms with Crippen molar-refractivity contribution in [1.82, 2.24) is 10.2 Å². The minimum atomic E-state index is 0.275. The first-order chi connectivity index (χ1) is 11.1. The van der Waals surface area contributed by atoms with Gasteiger partial charge in [-0.2, -0.15) is 0 Å². The van der Waals surface area contributed by atoms with Gasteiger partial charge in [-0.25, -0.2) is 0 Å². The van der Waals surface area contributed by atoms with Crippen molar-refractivity contribution in [2.24, 2.45) is 0 Å². The summed E-state index contributed by atoms with van der Waals surface area (Å²) in [4.78, 5) is 2.58. The summed E-state index contributed by atoms with van der Waals surface area (Å²) in [6.45, 7) is 2.38. The number of likely N-dealkylation sites (tertiary alicyclic amines) is 1. The van der Waals surface area contributed by atoms with Crippen LogP contribution in [0, 0.1) is 0 Å². The van der Waals surface area contributed by atoms with E-state index in [9.17, 15) is 0 Å². The third kappa shape index (κ3) is 2.18. The van der Waals surface area contributed by atoms with E-state index in [1.165, 1.54) is 50.8 Å². The predicted molar refractivity (Wildman–Crippen MR) is 91.5 cm³/mol. The Morgan fingerprint density at radius 2 is 1.87 bits per heavy atom. The van der Waals surface area contributed by atoms with Crippen LogP contribution < -0.4 is 14.8 Å². The van der Waals surface area contributed by atoms with E-state index in [-0.39, 0.29) is 5.41 Å². The molecule has 0 aromatic heterocycles. The maximum Gasteiger partial charge on any atom is 0.161 e. The SMILES string of the molecule is COc1ccc(C23CCN(C)C2CC2(CCN2)CC3)cc1OC. The zero-order valence-corrected chi connectivity index (χ0v) is 14.5. The van der Waals surface area contributed by atoms with Crippen LogP contribution in [0.3, 0.4) is 0 Å². The fourth-order valence-electron chi connectivity index (χ4n) is 5.19. The molecule has 1 aromatic carbocycles. The van der Waals surface area contributed by atoms with Crippen LogP contribution in [0.5, 0.6) is 11.5 Å². The summed E-state index contributed by atoms with van der Waals surface area (Å²) >= 11 is 0. The molecule has 23 heavy (non-hydrogen) atoms. The number of rotatable bonds is 3. The molecule has 1 spiro atoms. The lowest BCUT2D eigenvalue weighted by Gasteiger charge is -2.55. The Kier molecular flexibility index (Phi) is 3.58. The summed E-state index contributed by atoms with van der Waals surface area (Å²) in [6, 6.07) is 7.18. The van der Waals surface area contributed by atoms with E-state index in [0.717, 1.165) is 11.5 Å². The van der Waals surface area contributed by atoms with Crippen LogP contribution in [-0.4, -0.2) is 50.8 Å². The van der Waals surface area contributed by atoms with Crippen LogP contribution in [0.1, 0.15) is 37.7 Å². The van der Waals surface area contributed by atoms with E-state index >= 15 is 0 Å². The van der Waals surface area contributed by atoms with Crippen LogP contribution in [0.2, 0.25) is 0 Å². The molecule has 3 fully saturated rings. The molecule has 1 aliphatic carbocycles. The number of nitrogens with one attached hydrogen (secondary N) is 1. The number of likely N-dealkylation sites (N-methyl/N-ethyl adjacent to an activating group) is 1. The summed E-state index contributed by atoms with van der Waals surface area (Å²) in [6.07, 6.45) is 6.44. The van der Waals surface area contributed by atoms with Gasteiger partial charge in [-0.1, -0.05) is 6.07 Å². The maximum absolute atomic E-state index is 5.56. The van der Waals surface area contributed by atoms with E-state index in [1.807, 2.05) is 0 Å². The monoisotopic (exact) mass is 316 g/mol. The molecule has 2 saturated heterocycles. The zero-order chi connectivity index (χ0) is 16.1. The van der Waals surface area contributed by atoms with Crippen LogP contribution >= 0.6 is 0 Å². The van der Waals surface area contributed by atoms with Gasteiger partial charge in [0.25, 0.3) is 0 Å². The highest BCUT2D eigenvalue weighted by Gasteiger charge is 2.55.